The van der Waals surface area contributed by atoms with Gasteiger partial charge in [0.2, 0.25) is 0 Å². The Labute approximate surface area is 101 Å². The maximum absolute atomic E-state index is 12.5. The van der Waals surface area contributed by atoms with Gasteiger partial charge in [0.05, 0.1) is 6.54 Å². The largest absolute Gasteiger partial charge is 0.421 e. The summed E-state index contributed by atoms with van der Waals surface area (Å²) in [5, 5.41) is 0. The topological polar surface area (TPSA) is 34.9 Å². The molecule has 2 aromatic rings. The molecule has 0 fully saturated rings. The van der Waals surface area contributed by atoms with Crippen LogP contribution in [-0.4, -0.2) is 9.55 Å². The summed E-state index contributed by atoms with van der Waals surface area (Å²) in [6, 6.07) is 5.34. The van der Waals surface area contributed by atoms with Gasteiger partial charge >= 0.3 is 6.18 Å². The second kappa shape index (κ2) is 4.64. The van der Waals surface area contributed by atoms with Gasteiger partial charge in [0.25, 0.3) is 5.56 Å². The average molecular weight is 254 g/mol. The first-order chi connectivity index (χ1) is 8.48. The lowest BCUT2D eigenvalue weighted by Crippen LogP contribution is -2.28. The number of nitrogens with zero attached hydrogens (tertiary/aromatic N) is 2. The van der Waals surface area contributed by atoms with Crippen LogP contribution in [0, 0.1) is 0 Å². The third-order valence-corrected chi connectivity index (χ3v) is 2.40. The number of aromatic nitrogens is 2. The number of hydrogen-bond donors (Lipinski definition) is 0. The standard InChI is InChI=1S/C12H9F3N2O/c13-12(14,15)10-4-2-6-17(11(10)18)8-9-3-1-5-16-7-9/h1-7H,8H2. The van der Waals surface area contributed by atoms with Gasteiger partial charge in [0.15, 0.2) is 0 Å². The minimum absolute atomic E-state index is 0.0661. The molecule has 0 atom stereocenters. The molecule has 0 bridgehead atoms. The summed E-state index contributed by atoms with van der Waals surface area (Å²) in [7, 11) is 0. The second-order valence-electron chi connectivity index (χ2n) is 3.71. The molecule has 0 aliphatic rings. The summed E-state index contributed by atoms with van der Waals surface area (Å²) >= 11 is 0. The van der Waals surface area contributed by atoms with Crippen molar-refractivity contribution in [1.29, 1.82) is 0 Å². The maximum Gasteiger partial charge on any atom is 0.421 e. The highest BCUT2D eigenvalue weighted by molar-refractivity contribution is 5.16. The van der Waals surface area contributed by atoms with Crippen molar-refractivity contribution >= 4 is 0 Å². The van der Waals surface area contributed by atoms with E-state index < -0.39 is 17.3 Å². The summed E-state index contributed by atoms with van der Waals surface area (Å²) in [6.45, 7) is 0.0661. The summed E-state index contributed by atoms with van der Waals surface area (Å²) in [4.78, 5) is 15.5. The van der Waals surface area contributed by atoms with Gasteiger partial charge in [-0.05, 0) is 23.8 Å². The number of pyridine rings is 2. The molecular weight excluding hydrogens is 245 g/mol. The molecule has 0 spiro atoms. The van der Waals surface area contributed by atoms with Crippen LogP contribution in [0.25, 0.3) is 0 Å². The lowest BCUT2D eigenvalue weighted by Gasteiger charge is -2.10. The highest BCUT2D eigenvalue weighted by Gasteiger charge is 2.34. The van der Waals surface area contributed by atoms with Gasteiger partial charge < -0.3 is 4.57 Å². The molecule has 0 saturated heterocycles. The molecule has 94 valence electrons. The van der Waals surface area contributed by atoms with Crippen LogP contribution in [0.3, 0.4) is 0 Å². The van der Waals surface area contributed by atoms with E-state index in [-0.39, 0.29) is 6.54 Å². The highest BCUT2D eigenvalue weighted by atomic mass is 19.4. The van der Waals surface area contributed by atoms with E-state index in [1.165, 1.54) is 18.5 Å². The number of rotatable bonds is 2. The van der Waals surface area contributed by atoms with Crippen molar-refractivity contribution in [3.63, 3.8) is 0 Å². The fourth-order valence-electron chi connectivity index (χ4n) is 1.57. The van der Waals surface area contributed by atoms with E-state index in [1.54, 1.807) is 18.3 Å². The lowest BCUT2D eigenvalue weighted by molar-refractivity contribution is -0.138. The van der Waals surface area contributed by atoms with E-state index >= 15 is 0 Å². The molecule has 3 nitrogen and oxygen atoms in total. The Morgan fingerprint density at radius 2 is 2.00 bits per heavy atom. The Morgan fingerprint density at radius 3 is 2.61 bits per heavy atom. The summed E-state index contributed by atoms with van der Waals surface area (Å²) < 4.78 is 38.6. The fraction of sp³-hybridized carbons (Fsp3) is 0.167. The molecule has 2 heterocycles. The second-order valence-corrected chi connectivity index (χ2v) is 3.71. The third kappa shape index (κ3) is 2.58. The van der Waals surface area contributed by atoms with Crippen molar-refractivity contribution in [3.8, 4) is 0 Å². The Bertz CT molecular complexity index is 590. The molecule has 0 aliphatic heterocycles. The molecule has 6 heteroatoms. The van der Waals surface area contributed by atoms with E-state index in [4.69, 9.17) is 0 Å². The van der Waals surface area contributed by atoms with E-state index in [0.29, 0.717) is 5.56 Å². The van der Waals surface area contributed by atoms with Crippen molar-refractivity contribution in [3.05, 3.63) is 64.3 Å². The third-order valence-electron chi connectivity index (χ3n) is 2.40. The summed E-state index contributed by atoms with van der Waals surface area (Å²) in [5.74, 6) is 0. The molecule has 0 N–H and O–H groups in total. The molecule has 2 aromatic heterocycles. The van der Waals surface area contributed by atoms with Crippen LogP contribution in [0.5, 0.6) is 0 Å². The zero-order valence-corrected chi connectivity index (χ0v) is 9.19. The first kappa shape index (κ1) is 12.3. The van der Waals surface area contributed by atoms with Crippen LogP contribution >= 0.6 is 0 Å². The molecule has 18 heavy (non-hydrogen) atoms. The quantitative estimate of drug-likeness (QED) is 0.824. The highest BCUT2D eigenvalue weighted by Crippen LogP contribution is 2.25. The first-order valence-electron chi connectivity index (χ1n) is 5.14. The molecule has 0 unspecified atom stereocenters. The van der Waals surface area contributed by atoms with Crippen LogP contribution in [-0.2, 0) is 12.7 Å². The first-order valence-corrected chi connectivity index (χ1v) is 5.14. The van der Waals surface area contributed by atoms with E-state index in [9.17, 15) is 18.0 Å². The number of hydrogen-bond acceptors (Lipinski definition) is 2. The Kier molecular flexibility index (Phi) is 3.18. The molecule has 0 amide bonds. The Balaban J connectivity index is 2.39. The van der Waals surface area contributed by atoms with Crippen molar-refractivity contribution in [2.45, 2.75) is 12.7 Å². The van der Waals surface area contributed by atoms with Gasteiger partial charge in [-0.25, -0.2) is 0 Å². The van der Waals surface area contributed by atoms with Gasteiger partial charge in [0, 0.05) is 18.6 Å². The minimum atomic E-state index is -4.63. The smallest absolute Gasteiger partial charge is 0.311 e. The van der Waals surface area contributed by atoms with Gasteiger partial charge in [0.1, 0.15) is 5.56 Å². The van der Waals surface area contributed by atoms with Crippen LogP contribution in [0.2, 0.25) is 0 Å². The molecule has 2 rings (SSSR count). The van der Waals surface area contributed by atoms with E-state index in [0.717, 1.165) is 10.6 Å². The molecule has 0 radical (unpaired) electrons. The molecular formula is C12H9F3N2O. The monoisotopic (exact) mass is 254 g/mol. The fourth-order valence-corrected chi connectivity index (χ4v) is 1.57. The molecule has 0 aromatic carbocycles. The van der Waals surface area contributed by atoms with Crippen LogP contribution in [0.15, 0.2) is 47.7 Å². The van der Waals surface area contributed by atoms with Crippen molar-refractivity contribution in [2.24, 2.45) is 0 Å². The van der Waals surface area contributed by atoms with Crippen molar-refractivity contribution < 1.29 is 13.2 Å². The van der Waals surface area contributed by atoms with Gasteiger partial charge in [-0.3, -0.25) is 9.78 Å². The van der Waals surface area contributed by atoms with Crippen molar-refractivity contribution in [2.75, 3.05) is 0 Å². The normalized spacial score (nSPS) is 11.5. The lowest BCUT2D eigenvalue weighted by atomic mass is 10.2. The van der Waals surface area contributed by atoms with Crippen LogP contribution in [0.4, 0.5) is 13.2 Å². The Morgan fingerprint density at radius 1 is 1.22 bits per heavy atom. The predicted octanol–water partition coefficient (Wildman–Crippen LogP) is 2.31. The van der Waals surface area contributed by atoms with Gasteiger partial charge in [-0.2, -0.15) is 13.2 Å². The molecule has 0 saturated carbocycles. The Hall–Kier alpha value is -2.11. The maximum atomic E-state index is 12.5. The minimum Gasteiger partial charge on any atom is -0.311 e. The summed E-state index contributed by atoms with van der Waals surface area (Å²) in [6.07, 6.45) is -0.245. The predicted molar refractivity (Wildman–Crippen MR) is 59.0 cm³/mol. The van der Waals surface area contributed by atoms with Crippen molar-refractivity contribution in [1.82, 2.24) is 9.55 Å². The van der Waals surface area contributed by atoms with Gasteiger partial charge in [-0.15, -0.1) is 0 Å². The van der Waals surface area contributed by atoms with Crippen LogP contribution < -0.4 is 5.56 Å². The zero-order valence-electron chi connectivity index (χ0n) is 9.19. The zero-order chi connectivity index (χ0) is 13.2. The number of halogens is 3. The van der Waals surface area contributed by atoms with E-state index in [2.05, 4.69) is 4.98 Å². The molecule has 0 aliphatic carbocycles. The SMILES string of the molecule is O=c1c(C(F)(F)F)cccn1Cc1cccnc1. The van der Waals surface area contributed by atoms with E-state index in [1.807, 2.05) is 0 Å². The number of alkyl halides is 3. The summed E-state index contributed by atoms with van der Waals surface area (Å²) in [5.41, 5.74) is -1.54. The van der Waals surface area contributed by atoms with Crippen LogP contribution in [0.1, 0.15) is 11.1 Å². The van der Waals surface area contributed by atoms with Gasteiger partial charge in [-0.1, -0.05) is 6.07 Å². The average Bonchev–Trinajstić information content (AvgIpc) is 2.32.